The van der Waals surface area contributed by atoms with Crippen molar-refractivity contribution in [3.63, 3.8) is 0 Å². The molecule has 1 aliphatic heterocycles. The molecule has 1 heterocycles. The second kappa shape index (κ2) is 5.18. The van der Waals surface area contributed by atoms with Crippen LogP contribution in [0.2, 0.25) is 0 Å². The molecule has 0 radical (unpaired) electrons. The van der Waals surface area contributed by atoms with Crippen LogP contribution in [-0.4, -0.2) is 14.2 Å². The largest absolute Gasteiger partial charge is 0.493 e. The fraction of sp³-hybridized carbons (Fsp3) is 0.176. The van der Waals surface area contributed by atoms with Gasteiger partial charge in [0.25, 0.3) is 0 Å². The van der Waals surface area contributed by atoms with Crippen LogP contribution in [0, 0.1) is 17.6 Å². The second-order valence-corrected chi connectivity index (χ2v) is 4.86. The van der Waals surface area contributed by atoms with E-state index in [1.165, 1.54) is 14.2 Å². The maximum absolute atomic E-state index is 12.8. The number of benzene rings is 1. The van der Waals surface area contributed by atoms with Gasteiger partial charge in [0, 0.05) is 5.39 Å². The van der Waals surface area contributed by atoms with Crippen LogP contribution < -0.4 is 20.3 Å². The Morgan fingerprint density at radius 3 is 2.41 bits per heavy atom. The molecule has 0 amide bonds. The average molecular weight is 298 g/mol. The lowest BCUT2D eigenvalue weighted by Crippen LogP contribution is -2.15. The van der Waals surface area contributed by atoms with Gasteiger partial charge in [0.2, 0.25) is 5.43 Å². The zero-order valence-electron chi connectivity index (χ0n) is 12.4. The highest BCUT2D eigenvalue weighted by atomic mass is 16.5. The molecule has 0 unspecified atom stereocenters. The van der Waals surface area contributed by atoms with Crippen molar-refractivity contribution in [2.24, 2.45) is 0 Å². The van der Waals surface area contributed by atoms with Crippen LogP contribution in [0.1, 0.15) is 5.76 Å². The smallest absolute Gasteiger partial charge is 0.233 e. The van der Waals surface area contributed by atoms with Gasteiger partial charge in [-0.15, -0.1) is 0 Å². The molecular formula is C17H14O5. The van der Waals surface area contributed by atoms with Gasteiger partial charge >= 0.3 is 0 Å². The fourth-order valence-corrected chi connectivity index (χ4v) is 2.55. The predicted octanol–water partition coefficient (Wildman–Crippen LogP) is 2.20. The molecule has 5 nitrogen and oxygen atoms in total. The summed E-state index contributed by atoms with van der Waals surface area (Å²) in [5.74, 6) is 1.17. The van der Waals surface area contributed by atoms with Gasteiger partial charge in [-0.25, -0.2) is 0 Å². The zero-order valence-corrected chi connectivity index (χ0v) is 12.4. The molecule has 0 saturated heterocycles. The summed E-state index contributed by atoms with van der Waals surface area (Å²) in [5.41, 5.74) is -0.642. The van der Waals surface area contributed by atoms with Gasteiger partial charge in [0.15, 0.2) is 22.3 Å². The molecule has 112 valence electrons. The molecule has 0 fully saturated rings. The first kappa shape index (κ1) is 14.1. The van der Waals surface area contributed by atoms with Crippen molar-refractivity contribution in [1.82, 2.24) is 0 Å². The van der Waals surface area contributed by atoms with Gasteiger partial charge in [-0.05, 0) is 31.2 Å². The zero-order chi connectivity index (χ0) is 15.9. The van der Waals surface area contributed by atoms with E-state index in [1.54, 1.807) is 37.3 Å². The van der Waals surface area contributed by atoms with E-state index >= 15 is 0 Å². The summed E-state index contributed by atoms with van der Waals surface area (Å²) >= 11 is 0. The Labute approximate surface area is 125 Å². The van der Waals surface area contributed by atoms with Gasteiger partial charge in [0.05, 0.1) is 24.8 Å². The van der Waals surface area contributed by atoms with Crippen LogP contribution in [0.15, 0.2) is 44.3 Å². The number of methoxy groups -OCH3 is 2. The molecule has 0 N–H and O–H groups in total. The molecule has 0 bridgehead atoms. The minimum absolute atomic E-state index is 0.0200. The Morgan fingerprint density at radius 2 is 1.73 bits per heavy atom. The number of hydrogen-bond acceptors (Lipinski definition) is 5. The second-order valence-electron chi connectivity index (χ2n) is 4.86. The number of fused-ring (bicyclic) bond motifs is 1. The fourth-order valence-electron chi connectivity index (χ4n) is 2.55. The van der Waals surface area contributed by atoms with Crippen molar-refractivity contribution < 1.29 is 13.9 Å². The first-order chi connectivity index (χ1) is 10.6. The minimum atomic E-state index is -0.389. The monoisotopic (exact) mass is 298 g/mol. The van der Waals surface area contributed by atoms with E-state index in [2.05, 4.69) is 0 Å². The maximum atomic E-state index is 12.8. The summed E-state index contributed by atoms with van der Waals surface area (Å²) in [7, 11) is 2.90. The topological polar surface area (TPSA) is 65.7 Å². The number of hydrogen-bond donors (Lipinski definition) is 0. The lowest BCUT2D eigenvalue weighted by Gasteiger charge is -2.09. The summed E-state index contributed by atoms with van der Waals surface area (Å²) in [6.07, 6.45) is 0. The highest BCUT2D eigenvalue weighted by Crippen LogP contribution is 2.32. The molecule has 0 saturated carbocycles. The molecule has 3 rings (SSSR count). The van der Waals surface area contributed by atoms with Crippen molar-refractivity contribution in [2.45, 2.75) is 6.92 Å². The Kier molecular flexibility index (Phi) is 3.33. The molecule has 1 aromatic rings. The molecule has 0 aromatic heterocycles. The van der Waals surface area contributed by atoms with Crippen LogP contribution in [0.3, 0.4) is 0 Å². The SMILES string of the molecule is COc1ccc2c(=O)c3cccc(C)oc=3c(=O)c2c1OC. The van der Waals surface area contributed by atoms with Crippen molar-refractivity contribution >= 4 is 10.8 Å². The van der Waals surface area contributed by atoms with E-state index in [4.69, 9.17) is 13.9 Å². The normalized spacial score (nSPS) is 10.9. The Bertz CT molecular complexity index is 1050. The van der Waals surface area contributed by atoms with Gasteiger partial charge in [-0.1, -0.05) is 6.07 Å². The molecule has 1 aromatic carbocycles. The van der Waals surface area contributed by atoms with Gasteiger partial charge in [0.1, 0.15) is 5.76 Å². The van der Waals surface area contributed by atoms with Crippen molar-refractivity contribution in [1.29, 1.82) is 0 Å². The van der Waals surface area contributed by atoms with E-state index in [9.17, 15) is 9.59 Å². The summed E-state index contributed by atoms with van der Waals surface area (Å²) in [6.45, 7) is 1.72. The lowest BCUT2D eigenvalue weighted by atomic mass is 10.1. The third-order valence-electron chi connectivity index (χ3n) is 3.57. The number of aryl methyl sites for hydroxylation is 1. The summed E-state index contributed by atoms with van der Waals surface area (Å²) in [4.78, 5) is 25.5. The summed E-state index contributed by atoms with van der Waals surface area (Å²) in [6, 6.07) is 8.15. The van der Waals surface area contributed by atoms with Crippen molar-refractivity contribution in [3.8, 4) is 11.5 Å². The maximum Gasteiger partial charge on any atom is 0.233 e. The molecule has 0 atom stereocenters. The third-order valence-corrected chi connectivity index (χ3v) is 3.57. The molecule has 2 aliphatic rings. The van der Waals surface area contributed by atoms with E-state index in [1.807, 2.05) is 0 Å². The Balaban J connectivity index is 2.74. The number of ether oxygens (including phenoxy) is 2. The van der Waals surface area contributed by atoms with Crippen LogP contribution in [0.5, 0.6) is 11.5 Å². The van der Waals surface area contributed by atoms with Crippen LogP contribution >= 0.6 is 0 Å². The predicted molar refractivity (Wildman–Crippen MR) is 81.9 cm³/mol. The van der Waals surface area contributed by atoms with Crippen molar-refractivity contribution in [2.75, 3.05) is 14.2 Å². The van der Waals surface area contributed by atoms with Gasteiger partial charge < -0.3 is 13.9 Å². The number of rotatable bonds is 2. The van der Waals surface area contributed by atoms with Gasteiger partial charge in [-0.3, -0.25) is 9.59 Å². The molecule has 22 heavy (non-hydrogen) atoms. The average Bonchev–Trinajstić information content (AvgIpc) is 2.72. The Hall–Kier alpha value is -2.82. The first-order valence-corrected chi connectivity index (χ1v) is 6.70. The van der Waals surface area contributed by atoms with Gasteiger partial charge in [-0.2, -0.15) is 0 Å². The first-order valence-electron chi connectivity index (χ1n) is 6.70. The summed E-state index contributed by atoms with van der Waals surface area (Å²) in [5, 5.41) is 0.709. The molecular weight excluding hydrogens is 284 g/mol. The minimum Gasteiger partial charge on any atom is -0.493 e. The molecule has 0 spiro atoms. The molecule has 1 aliphatic carbocycles. The van der Waals surface area contributed by atoms with E-state index < -0.39 is 0 Å². The molecule has 5 heteroatoms. The highest BCUT2D eigenvalue weighted by Gasteiger charge is 2.17. The van der Waals surface area contributed by atoms with Crippen LogP contribution in [0.4, 0.5) is 0 Å². The third kappa shape index (κ3) is 1.94. The lowest BCUT2D eigenvalue weighted by molar-refractivity contribution is 0.358. The van der Waals surface area contributed by atoms with Crippen molar-refractivity contribution in [3.05, 3.63) is 67.2 Å². The van der Waals surface area contributed by atoms with E-state index in [-0.39, 0.29) is 38.0 Å². The standard InChI is InChI=1S/C17H14O5/c1-9-5-4-6-11-14(18)10-7-8-12(20-2)17(21-3)13(10)15(19)16(11)22-9/h4-8H,1-3H3. The highest BCUT2D eigenvalue weighted by molar-refractivity contribution is 5.90. The Morgan fingerprint density at radius 1 is 0.955 bits per heavy atom. The summed E-state index contributed by atoms with van der Waals surface area (Å²) < 4.78 is 16.0. The van der Waals surface area contributed by atoms with Crippen LogP contribution in [0.25, 0.3) is 10.8 Å². The quantitative estimate of drug-likeness (QED) is 0.725. The van der Waals surface area contributed by atoms with Crippen LogP contribution in [-0.2, 0) is 0 Å². The van der Waals surface area contributed by atoms with E-state index in [0.717, 1.165) is 0 Å². The van der Waals surface area contributed by atoms with E-state index in [0.29, 0.717) is 11.5 Å².